The predicted octanol–water partition coefficient (Wildman–Crippen LogP) is 5.43. The van der Waals surface area contributed by atoms with Crippen LogP contribution < -0.4 is 15.9 Å². The van der Waals surface area contributed by atoms with Crippen LogP contribution in [0, 0.1) is 0 Å². The molecule has 0 saturated heterocycles. The van der Waals surface area contributed by atoms with E-state index in [1.54, 1.807) is 91.0 Å². The average molecular weight is 424 g/mol. The van der Waals surface area contributed by atoms with Crippen molar-refractivity contribution in [2.75, 3.05) is 0 Å². The van der Waals surface area contributed by atoms with Crippen LogP contribution in [0.25, 0.3) is 0 Å². The van der Waals surface area contributed by atoms with Crippen molar-refractivity contribution in [1.29, 1.82) is 0 Å². The van der Waals surface area contributed by atoms with Crippen LogP contribution in [0.2, 0.25) is 0 Å². The van der Waals surface area contributed by atoms with Crippen LogP contribution in [0.3, 0.4) is 0 Å². The van der Waals surface area contributed by atoms with Crippen molar-refractivity contribution in [1.82, 2.24) is 0 Å². The Balaban J connectivity index is 2.66. The van der Waals surface area contributed by atoms with Crippen molar-refractivity contribution < 1.29 is 26.3 Å². The molecule has 0 aromatic heterocycles. The lowest BCUT2D eigenvalue weighted by atomic mass is 10.3. The van der Waals surface area contributed by atoms with Gasteiger partial charge in [-0.15, -0.1) is 0 Å². The fourth-order valence-electron chi connectivity index (χ4n) is 3.05. The molecule has 0 heterocycles. The highest BCUT2D eigenvalue weighted by molar-refractivity contribution is 7.94. The van der Waals surface area contributed by atoms with Crippen molar-refractivity contribution in [3.63, 3.8) is 0 Å². The van der Waals surface area contributed by atoms with E-state index in [-0.39, 0.29) is 0 Å². The summed E-state index contributed by atoms with van der Waals surface area (Å²) < 4.78 is 81.0. The first kappa shape index (κ1) is 21.0. The lowest BCUT2D eigenvalue weighted by Gasteiger charge is -2.27. The average Bonchev–Trinajstić information content (AvgIpc) is 2.69. The Labute approximate surface area is 164 Å². The molecule has 0 saturated carbocycles. The minimum atomic E-state index is -5.60. The summed E-state index contributed by atoms with van der Waals surface area (Å²) in [5.74, 6) is 0. The Morgan fingerprint density at radius 1 is 0.517 bits per heavy atom. The molecule has 3 rings (SSSR count). The van der Waals surface area contributed by atoms with Gasteiger partial charge in [-0.1, -0.05) is 96.4 Å². The van der Waals surface area contributed by atoms with Gasteiger partial charge in [0.2, 0.25) is 0 Å². The fraction of sp³-hybridized carbons (Fsp3) is 0.0909. The van der Waals surface area contributed by atoms with E-state index in [2.05, 4.69) is 0 Å². The molecule has 0 nitrogen and oxygen atoms in total. The Morgan fingerprint density at radius 2 is 0.793 bits per heavy atom. The highest BCUT2D eigenvalue weighted by Gasteiger charge is 2.52. The minimum Gasteiger partial charge on any atom is -0.165 e. The molecule has 150 valence electrons. The maximum Gasteiger partial charge on any atom is 0.428 e. The molecule has 0 fully saturated rings. The Morgan fingerprint density at radius 3 is 1.03 bits per heavy atom. The van der Waals surface area contributed by atoms with Crippen LogP contribution in [0.5, 0.6) is 0 Å². The Hall–Kier alpha value is -2.68. The summed E-state index contributed by atoms with van der Waals surface area (Å²) in [6.45, 7) is -3.53. The van der Waals surface area contributed by atoms with E-state index in [1.165, 1.54) is 0 Å². The van der Waals surface area contributed by atoms with E-state index in [0.29, 0.717) is 15.9 Å². The third kappa shape index (κ3) is 4.34. The molecular formula is C22H15F6P. The van der Waals surface area contributed by atoms with Gasteiger partial charge >= 0.3 is 12.4 Å². The van der Waals surface area contributed by atoms with E-state index in [0.717, 1.165) is 0 Å². The zero-order valence-corrected chi connectivity index (χ0v) is 15.8. The molecule has 0 unspecified atom stereocenters. The summed E-state index contributed by atoms with van der Waals surface area (Å²) in [5.41, 5.74) is -0.642. The zero-order chi connectivity index (χ0) is 21.1. The van der Waals surface area contributed by atoms with Crippen LogP contribution >= 0.6 is 6.89 Å². The molecule has 0 N–H and O–H groups in total. The first-order chi connectivity index (χ1) is 13.7. The van der Waals surface area contributed by atoms with E-state index in [9.17, 15) is 26.3 Å². The maximum atomic E-state index is 13.5. The molecule has 0 bridgehead atoms. The minimum absolute atomic E-state index is 0.350. The van der Waals surface area contributed by atoms with Crippen molar-refractivity contribution in [2.45, 2.75) is 12.4 Å². The molecule has 0 aliphatic carbocycles. The van der Waals surface area contributed by atoms with Crippen LogP contribution in [0.15, 0.2) is 96.6 Å². The van der Waals surface area contributed by atoms with Gasteiger partial charge < -0.3 is 0 Å². The molecule has 7 heteroatoms. The third-order valence-corrected chi connectivity index (χ3v) is 8.05. The molecule has 0 spiro atoms. The number of allylic oxidation sites excluding steroid dienone is 1. The number of rotatable bonds is 3. The quantitative estimate of drug-likeness (QED) is 0.389. The maximum absolute atomic E-state index is 13.5. The lowest BCUT2D eigenvalue weighted by Crippen LogP contribution is -2.31. The largest absolute Gasteiger partial charge is 0.428 e. The van der Waals surface area contributed by atoms with E-state index in [1.807, 2.05) is 5.45 Å². The summed E-state index contributed by atoms with van der Waals surface area (Å²) in [5, 5.41) is 1.05. The predicted molar refractivity (Wildman–Crippen MR) is 106 cm³/mol. The van der Waals surface area contributed by atoms with E-state index in [4.69, 9.17) is 0 Å². The summed E-state index contributed by atoms with van der Waals surface area (Å²) in [7, 11) is 0. The molecule has 0 aliphatic rings. The topological polar surface area (TPSA) is 0 Å². The van der Waals surface area contributed by atoms with Crippen molar-refractivity contribution in [3.8, 4) is 0 Å². The molecule has 3 aromatic rings. The summed E-state index contributed by atoms with van der Waals surface area (Å²) in [6.07, 6.45) is -11.2. The number of hydrogen-bond donors (Lipinski definition) is 0. The second-order valence-electron chi connectivity index (χ2n) is 6.16. The first-order valence-electron chi connectivity index (χ1n) is 8.51. The second kappa shape index (κ2) is 7.98. The SMILES string of the molecule is FC(F)(F)C(=C=P(c1ccccc1)(c1ccccc1)c1ccccc1)C(F)(F)F. The van der Waals surface area contributed by atoms with Crippen molar-refractivity contribution in [2.24, 2.45) is 0 Å². The number of benzene rings is 3. The normalized spacial score (nSPS) is 12.3. The van der Waals surface area contributed by atoms with Crippen molar-refractivity contribution in [3.05, 3.63) is 96.6 Å². The Kier molecular flexibility index (Phi) is 5.79. The van der Waals surface area contributed by atoms with Gasteiger partial charge in [-0.25, -0.2) is 0 Å². The summed E-state index contributed by atoms with van der Waals surface area (Å²) >= 11 is 0. The number of hydrogen-bond acceptors (Lipinski definition) is 0. The fourth-order valence-corrected chi connectivity index (χ4v) is 6.78. The van der Waals surface area contributed by atoms with Gasteiger partial charge in [0.15, 0.2) is 5.57 Å². The standard InChI is InChI=1S/C22H15F6P/c23-21(24,25)20(22(26,27)28)16-29(17-10-4-1-5-11-17,18-12-6-2-7-13-18)19-14-8-3-9-15-19/h1-15H. The van der Waals surface area contributed by atoms with Crippen LogP contribution in [-0.2, 0) is 0 Å². The number of halogens is 6. The van der Waals surface area contributed by atoms with Gasteiger partial charge in [-0.05, 0) is 15.9 Å². The van der Waals surface area contributed by atoms with Gasteiger partial charge in [0.05, 0.1) is 0 Å². The second-order valence-corrected chi connectivity index (χ2v) is 9.27. The smallest absolute Gasteiger partial charge is 0.165 e. The van der Waals surface area contributed by atoms with Crippen molar-refractivity contribution >= 4 is 28.3 Å². The Bertz CT molecular complexity index is 926. The van der Waals surface area contributed by atoms with Gasteiger partial charge in [0.25, 0.3) is 0 Å². The molecule has 0 aliphatic heterocycles. The van der Waals surface area contributed by atoms with Gasteiger partial charge in [0.1, 0.15) is 0 Å². The molecular weight excluding hydrogens is 409 g/mol. The first-order valence-corrected chi connectivity index (χ1v) is 10.3. The highest BCUT2D eigenvalue weighted by Crippen LogP contribution is 2.46. The third-order valence-electron chi connectivity index (χ3n) is 4.28. The molecule has 0 atom stereocenters. The summed E-state index contributed by atoms with van der Waals surface area (Å²) in [6, 6.07) is 23.8. The van der Waals surface area contributed by atoms with E-state index < -0.39 is 24.8 Å². The van der Waals surface area contributed by atoms with E-state index >= 15 is 0 Å². The molecule has 29 heavy (non-hydrogen) atoms. The highest BCUT2D eigenvalue weighted by atomic mass is 31.2. The zero-order valence-electron chi connectivity index (χ0n) is 14.9. The monoisotopic (exact) mass is 424 g/mol. The summed E-state index contributed by atoms with van der Waals surface area (Å²) in [4.78, 5) is 0. The molecule has 3 aromatic carbocycles. The molecule has 0 amide bonds. The van der Waals surface area contributed by atoms with Gasteiger partial charge in [-0.2, -0.15) is 26.3 Å². The number of alkyl halides is 6. The van der Waals surface area contributed by atoms with Crippen LogP contribution in [0.4, 0.5) is 26.3 Å². The lowest BCUT2D eigenvalue weighted by molar-refractivity contribution is -0.169. The van der Waals surface area contributed by atoms with Gasteiger partial charge in [-0.3, -0.25) is 0 Å². The molecule has 0 radical (unpaired) electrons. The van der Waals surface area contributed by atoms with Crippen LogP contribution in [0.1, 0.15) is 0 Å². The van der Waals surface area contributed by atoms with Gasteiger partial charge in [0, 0.05) is 6.89 Å². The van der Waals surface area contributed by atoms with Crippen LogP contribution in [-0.4, -0.2) is 17.8 Å².